The summed E-state index contributed by atoms with van der Waals surface area (Å²) in [7, 11) is 1.90. The van der Waals surface area contributed by atoms with Crippen molar-refractivity contribution in [3.8, 4) is 5.75 Å². The Balaban J connectivity index is 2.03. The Hall–Kier alpha value is -1.10. The lowest BCUT2D eigenvalue weighted by molar-refractivity contribution is 0.301. The van der Waals surface area contributed by atoms with E-state index in [0.717, 1.165) is 22.4 Å². The van der Waals surface area contributed by atoms with Gasteiger partial charge in [-0.2, -0.15) is 0 Å². The van der Waals surface area contributed by atoms with Crippen molar-refractivity contribution in [3.05, 3.63) is 57.3 Å². The van der Waals surface area contributed by atoms with Gasteiger partial charge in [0.05, 0.1) is 16.4 Å². The lowest BCUT2D eigenvalue weighted by Gasteiger charge is -2.09. The molecule has 1 heterocycles. The number of benzene rings is 1. The van der Waals surface area contributed by atoms with E-state index in [1.165, 1.54) is 0 Å². The minimum atomic E-state index is 0.402. The molecule has 0 aliphatic heterocycles. The van der Waals surface area contributed by atoms with Gasteiger partial charge in [0.25, 0.3) is 0 Å². The standard InChI is InChI=1S/C14H14BrClN2O/c1-17-8-11-3-2-4-12(18-11)9-19-14-6-5-10(15)7-13(14)16/h2-7,17H,8-9H2,1H3. The van der Waals surface area contributed by atoms with Gasteiger partial charge in [0.2, 0.25) is 0 Å². The molecular formula is C14H14BrClN2O. The van der Waals surface area contributed by atoms with E-state index in [9.17, 15) is 0 Å². The van der Waals surface area contributed by atoms with Crippen LogP contribution in [0.3, 0.4) is 0 Å². The first kappa shape index (κ1) is 14.3. The SMILES string of the molecule is CNCc1cccc(COc2ccc(Br)cc2Cl)n1. The zero-order valence-corrected chi connectivity index (χ0v) is 12.8. The van der Waals surface area contributed by atoms with Gasteiger partial charge in [-0.25, -0.2) is 0 Å². The lowest BCUT2D eigenvalue weighted by atomic mass is 10.3. The first-order valence-corrected chi connectivity index (χ1v) is 7.03. The number of ether oxygens (including phenoxy) is 1. The molecule has 1 aromatic carbocycles. The number of rotatable bonds is 5. The van der Waals surface area contributed by atoms with Crippen LogP contribution in [-0.2, 0) is 13.2 Å². The zero-order chi connectivity index (χ0) is 13.7. The van der Waals surface area contributed by atoms with Crippen LogP contribution < -0.4 is 10.1 Å². The van der Waals surface area contributed by atoms with Gasteiger partial charge >= 0.3 is 0 Å². The predicted molar refractivity (Wildman–Crippen MR) is 80.5 cm³/mol. The van der Waals surface area contributed by atoms with E-state index in [1.54, 1.807) is 0 Å². The Bertz CT molecular complexity index is 563. The summed E-state index contributed by atoms with van der Waals surface area (Å²) in [6.45, 7) is 1.14. The highest BCUT2D eigenvalue weighted by atomic mass is 79.9. The van der Waals surface area contributed by atoms with E-state index < -0.39 is 0 Å². The van der Waals surface area contributed by atoms with Crippen LogP contribution in [0.15, 0.2) is 40.9 Å². The molecule has 0 saturated heterocycles. The van der Waals surface area contributed by atoms with Crippen molar-refractivity contribution in [2.24, 2.45) is 0 Å². The summed E-state index contributed by atoms with van der Waals surface area (Å²) < 4.78 is 6.60. The van der Waals surface area contributed by atoms with E-state index in [1.807, 2.05) is 43.4 Å². The van der Waals surface area contributed by atoms with Crippen LogP contribution in [0.4, 0.5) is 0 Å². The number of hydrogen-bond acceptors (Lipinski definition) is 3. The van der Waals surface area contributed by atoms with Crippen LogP contribution in [0.2, 0.25) is 5.02 Å². The van der Waals surface area contributed by atoms with Crippen molar-refractivity contribution in [2.45, 2.75) is 13.2 Å². The fraction of sp³-hybridized carbons (Fsp3) is 0.214. The van der Waals surface area contributed by atoms with Crippen molar-refractivity contribution in [3.63, 3.8) is 0 Å². The molecule has 0 amide bonds. The summed E-state index contributed by atoms with van der Waals surface area (Å²) >= 11 is 9.45. The molecule has 19 heavy (non-hydrogen) atoms. The van der Waals surface area contributed by atoms with Gasteiger partial charge in [0.1, 0.15) is 12.4 Å². The van der Waals surface area contributed by atoms with E-state index in [2.05, 4.69) is 26.2 Å². The van der Waals surface area contributed by atoms with Crippen LogP contribution in [0.5, 0.6) is 5.75 Å². The molecule has 1 N–H and O–H groups in total. The second-order valence-corrected chi connectivity index (χ2v) is 5.34. The van der Waals surface area contributed by atoms with Crippen LogP contribution in [-0.4, -0.2) is 12.0 Å². The predicted octanol–water partition coefficient (Wildman–Crippen LogP) is 3.80. The highest BCUT2D eigenvalue weighted by Gasteiger charge is 2.04. The largest absolute Gasteiger partial charge is 0.486 e. The summed E-state index contributed by atoms with van der Waals surface area (Å²) in [5.41, 5.74) is 1.87. The molecule has 0 spiro atoms. The Morgan fingerprint density at radius 3 is 2.79 bits per heavy atom. The first-order chi connectivity index (χ1) is 9.19. The second kappa shape index (κ2) is 6.89. The Labute approximate surface area is 126 Å². The smallest absolute Gasteiger partial charge is 0.138 e. The third kappa shape index (κ3) is 4.20. The zero-order valence-electron chi connectivity index (χ0n) is 10.5. The normalized spacial score (nSPS) is 10.5. The highest BCUT2D eigenvalue weighted by Crippen LogP contribution is 2.28. The Morgan fingerprint density at radius 2 is 2.05 bits per heavy atom. The van der Waals surface area contributed by atoms with Crippen molar-refractivity contribution in [1.29, 1.82) is 0 Å². The average molecular weight is 342 g/mol. The average Bonchev–Trinajstić information content (AvgIpc) is 2.38. The topological polar surface area (TPSA) is 34.1 Å². The van der Waals surface area contributed by atoms with Gasteiger partial charge in [-0.1, -0.05) is 33.6 Å². The molecule has 0 bridgehead atoms. The number of aromatic nitrogens is 1. The molecular weight excluding hydrogens is 328 g/mol. The third-order valence-electron chi connectivity index (χ3n) is 2.49. The molecule has 2 rings (SSSR count). The molecule has 0 aliphatic carbocycles. The van der Waals surface area contributed by atoms with Gasteiger partial charge in [-0.15, -0.1) is 0 Å². The maximum atomic E-state index is 6.09. The van der Waals surface area contributed by atoms with E-state index in [-0.39, 0.29) is 0 Å². The summed E-state index contributed by atoms with van der Waals surface area (Å²) in [5, 5.41) is 3.65. The molecule has 100 valence electrons. The summed E-state index contributed by atoms with van der Waals surface area (Å²) in [5.74, 6) is 0.658. The van der Waals surface area contributed by atoms with E-state index >= 15 is 0 Å². The van der Waals surface area contributed by atoms with Gasteiger partial charge in [-0.05, 0) is 37.4 Å². The van der Waals surface area contributed by atoms with Crippen molar-refractivity contribution < 1.29 is 4.74 Å². The molecule has 0 atom stereocenters. The fourth-order valence-electron chi connectivity index (χ4n) is 1.63. The minimum absolute atomic E-state index is 0.402. The molecule has 0 aliphatic rings. The van der Waals surface area contributed by atoms with Gasteiger partial charge in [-0.3, -0.25) is 4.98 Å². The first-order valence-electron chi connectivity index (χ1n) is 5.86. The molecule has 0 radical (unpaired) electrons. The van der Waals surface area contributed by atoms with Gasteiger partial charge in [0.15, 0.2) is 0 Å². The van der Waals surface area contributed by atoms with Crippen LogP contribution >= 0.6 is 27.5 Å². The van der Waals surface area contributed by atoms with Crippen molar-refractivity contribution in [1.82, 2.24) is 10.3 Å². The minimum Gasteiger partial charge on any atom is -0.486 e. The van der Waals surface area contributed by atoms with E-state index in [4.69, 9.17) is 16.3 Å². The van der Waals surface area contributed by atoms with Crippen molar-refractivity contribution in [2.75, 3.05) is 7.05 Å². The molecule has 0 saturated carbocycles. The number of halogens is 2. The van der Waals surface area contributed by atoms with E-state index in [0.29, 0.717) is 17.4 Å². The molecule has 3 nitrogen and oxygen atoms in total. The summed E-state index contributed by atoms with van der Waals surface area (Å²) in [4.78, 5) is 4.48. The monoisotopic (exact) mass is 340 g/mol. The number of nitrogens with one attached hydrogen (secondary N) is 1. The maximum Gasteiger partial charge on any atom is 0.138 e. The third-order valence-corrected chi connectivity index (χ3v) is 3.28. The molecule has 5 heteroatoms. The van der Waals surface area contributed by atoms with Gasteiger partial charge < -0.3 is 10.1 Å². The Morgan fingerprint density at radius 1 is 1.26 bits per heavy atom. The maximum absolute atomic E-state index is 6.09. The Kier molecular flexibility index (Phi) is 5.19. The quantitative estimate of drug-likeness (QED) is 0.898. The van der Waals surface area contributed by atoms with Crippen LogP contribution in [0, 0.1) is 0 Å². The molecule has 1 aromatic heterocycles. The highest BCUT2D eigenvalue weighted by molar-refractivity contribution is 9.10. The summed E-state index contributed by atoms with van der Waals surface area (Å²) in [6.07, 6.45) is 0. The van der Waals surface area contributed by atoms with Crippen molar-refractivity contribution >= 4 is 27.5 Å². The number of nitrogens with zero attached hydrogens (tertiary/aromatic N) is 1. The van der Waals surface area contributed by atoms with Crippen LogP contribution in [0.1, 0.15) is 11.4 Å². The molecule has 0 fully saturated rings. The number of pyridine rings is 1. The fourth-order valence-corrected chi connectivity index (χ4v) is 2.36. The van der Waals surface area contributed by atoms with Gasteiger partial charge in [0, 0.05) is 11.0 Å². The second-order valence-electron chi connectivity index (χ2n) is 4.01. The van der Waals surface area contributed by atoms with Crippen LogP contribution in [0.25, 0.3) is 0 Å². The lowest BCUT2D eigenvalue weighted by Crippen LogP contribution is -2.08. The number of hydrogen-bond donors (Lipinski definition) is 1. The molecule has 2 aromatic rings. The summed E-state index contributed by atoms with van der Waals surface area (Å²) in [6, 6.07) is 11.4. The molecule has 0 unspecified atom stereocenters.